The first kappa shape index (κ1) is 22.9. The van der Waals surface area contributed by atoms with Gasteiger partial charge in [0.25, 0.3) is 11.6 Å². The van der Waals surface area contributed by atoms with Gasteiger partial charge < -0.3 is 15.4 Å². The van der Waals surface area contributed by atoms with Crippen molar-refractivity contribution in [3.63, 3.8) is 0 Å². The van der Waals surface area contributed by atoms with Crippen LogP contribution in [0.4, 0.5) is 11.4 Å². The van der Waals surface area contributed by atoms with Gasteiger partial charge in [0.1, 0.15) is 5.69 Å². The largest absolute Gasteiger partial charge is 0.469 e. The molecule has 0 aliphatic carbocycles. The smallest absolute Gasteiger partial charge is 0.307 e. The maximum atomic E-state index is 12.8. The first-order valence-corrected chi connectivity index (χ1v) is 10.6. The SMILES string of the molecule is COC(=O)CC(NC(=O)c1ccc(NC(C)c2ccccn2)c([N+](=O)[O-])c1)c1cccs1. The number of hydrogen-bond acceptors (Lipinski definition) is 8. The summed E-state index contributed by atoms with van der Waals surface area (Å²) in [7, 11) is 1.27. The number of benzene rings is 1. The van der Waals surface area contributed by atoms with Gasteiger partial charge in [-0.05, 0) is 42.6 Å². The van der Waals surface area contributed by atoms with Gasteiger partial charge in [-0.25, -0.2) is 0 Å². The number of anilines is 1. The van der Waals surface area contributed by atoms with E-state index < -0.39 is 22.8 Å². The van der Waals surface area contributed by atoms with Gasteiger partial charge in [0.05, 0.1) is 36.2 Å². The van der Waals surface area contributed by atoms with E-state index in [0.717, 1.165) is 10.6 Å². The molecule has 9 nitrogen and oxygen atoms in total. The average molecular weight is 455 g/mol. The molecule has 0 bridgehead atoms. The summed E-state index contributed by atoms with van der Waals surface area (Å²) in [5.41, 5.74) is 0.875. The van der Waals surface area contributed by atoms with Gasteiger partial charge in [0, 0.05) is 22.7 Å². The number of nitro groups is 1. The van der Waals surface area contributed by atoms with E-state index in [1.165, 1.54) is 36.6 Å². The summed E-state index contributed by atoms with van der Waals surface area (Å²) in [5.74, 6) is -1.00. The molecular formula is C22H22N4O5S. The summed E-state index contributed by atoms with van der Waals surface area (Å²) < 4.78 is 4.72. The number of nitro benzene ring substituents is 1. The third-order valence-corrected chi connectivity index (χ3v) is 5.74. The van der Waals surface area contributed by atoms with Crippen LogP contribution in [0.3, 0.4) is 0 Å². The first-order chi connectivity index (χ1) is 15.4. The maximum absolute atomic E-state index is 12.8. The van der Waals surface area contributed by atoms with Gasteiger partial charge in [-0.3, -0.25) is 24.7 Å². The normalized spacial score (nSPS) is 12.4. The van der Waals surface area contributed by atoms with Crippen LogP contribution >= 0.6 is 11.3 Å². The predicted octanol–water partition coefficient (Wildman–Crippen LogP) is 4.26. The van der Waals surface area contributed by atoms with Crippen molar-refractivity contribution in [2.75, 3.05) is 12.4 Å². The minimum Gasteiger partial charge on any atom is -0.469 e. The quantitative estimate of drug-likeness (QED) is 0.281. The topological polar surface area (TPSA) is 123 Å². The number of hydrogen-bond donors (Lipinski definition) is 2. The van der Waals surface area contributed by atoms with Crippen molar-refractivity contribution >= 4 is 34.6 Å². The second-order valence-corrected chi connectivity index (χ2v) is 7.91. The molecule has 2 aromatic heterocycles. The van der Waals surface area contributed by atoms with Crippen LogP contribution in [0.25, 0.3) is 0 Å². The van der Waals surface area contributed by atoms with E-state index in [0.29, 0.717) is 0 Å². The maximum Gasteiger partial charge on any atom is 0.307 e. The number of amides is 1. The van der Waals surface area contributed by atoms with Crippen LogP contribution in [0.5, 0.6) is 0 Å². The number of pyridine rings is 1. The molecule has 0 saturated heterocycles. The second kappa shape index (κ2) is 10.5. The summed E-state index contributed by atoms with van der Waals surface area (Å²) in [4.78, 5) is 40.8. The number of nitrogens with zero attached hydrogens (tertiary/aromatic N) is 2. The number of thiophene rings is 1. The Morgan fingerprint density at radius 3 is 2.66 bits per heavy atom. The van der Waals surface area contributed by atoms with E-state index >= 15 is 0 Å². The molecule has 0 aliphatic rings. The summed E-state index contributed by atoms with van der Waals surface area (Å²) in [6.45, 7) is 1.84. The van der Waals surface area contributed by atoms with Crippen molar-refractivity contribution in [3.05, 3.63) is 86.4 Å². The first-order valence-electron chi connectivity index (χ1n) is 9.76. The predicted molar refractivity (Wildman–Crippen MR) is 121 cm³/mol. The van der Waals surface area contributed by atoms with Gasteiger partial charge in [-0.2, -0.15) is 0 Å². The molecule has 1 aromatic carbocycles. The van der Waals surface area contributed by atoms with Crippen LogP contribution < -0.4 is 10.6 Å². The summed E-state index contributed by atoms with van der Waals surface area (Å²) >= 11 is 1.39. The molecule has 1 amide bonds. The lowest BCUT2D eigenvalue weighted by Gasteiger charge is -2.17. The lowest BCUT2D eigenvalue weighted by molar-refractivity contribution is -0.384. The number of esters is 1. The molecule has 2 unspecified atom stereocenters. The van der Waals surface area contributed by atoms with E-state index in [4.69, 9.17) is 4.74 Å². The highest BCUT2D eigenvalue weighted by Gasteiger charge is 2.23. The van der Waals surface area contributed by atoms with Crippen molar-refractivity contribution in [2.45, 2.75) is 25.4 Å². The van der Waals surface area contributed by atoms with Gasteiger partial charge >= 0.3 is 5.97 Å². The van der Waals surface area contributed by atoms with Crippen LogP contribution in [0, 0.1) is 10.1 Å². The summed E-state index contributed by atoms with van der Waals surface area (Å²) in [6, 6.07) is 12.4. The number of carbonyl (C=O) groups excluding carboxylic acids is 2. The minimum atomic E-state index is -0.601. The Kier molecular flexibility index (Phi) is 7.50. The molecule has 0 fully saturated rings. The molecule has 0 aliphatic heterocycles. The number of aromatic nitrogens is 1. The molecule has 3 rings (SSSR count). The van der Waals surface area contributed by atoms with Crippen LogP contribution in [-0.2, 0) is 9.53 Å². The lowest BCUT2D eigenvalue weighted by atomic mass is 10.1. The van der Waals surface area contributed by atoms with Crippen LogP contribution in [0.1, 0.15) is 46.4 Å². The molecule has 2 heterocycles. The van der Waals surface area contributed by atoms with Crippen LogP contribution in [0.15, 0.2) is 60.1 Å². The highest BCUT2D eigenvalue weighted by Crippen LogP contribution is 2.30. The second-order valence-electron chi connectivity index (χ2n) is 6.93. The number of nitrogens with one attached hydrogen (secondary N) is 2. The van der Waals surface area contributed by atoms with Gasteiger partial charge in [-0.1, -0.05) is 12.1 Å². The zero-order chi connectivity index (χ0) is 23.1. The molecule has 0 radical (unpaired) electrons. The fourth-order valence-electron chi connectivity index (χ4n) is 3.09. The van der Waals surface area contributed by atoms with Gasteiger partial charge in [0.15, 0.2) is 0 Å². The molecule has 2 N–H and O–H groups in total. The zero-order valence-electron chi connectivity index (χ0n) is 17.5. The number of carbonyl (C=O) groups is 2. The summed E-state index contributed by atoms with van der Waals surface area (Å²) in [5, 5.41) is 19.3. The van der Waals surface area contributed by atoms with Gasteiger partial charge in [-0.15, -0.1) is 11.3 Å². The Morgan fingerprint density at radius 1 is 1.22 bits per heavy atom. The fourth-order valence-corrected chi connectivity index (χ4v) is 3.87. The molecule has 2 atom stereocenters. The molecule has 10 heteroatoms. The average Bonchev–Trinajstić information content (AvgIpc) is 3.34. The Labute approximate surface area is 188 Å². The number of ether oxygens (including phenoxy) is 1. The highest BCUT2D eigenvalue weighted by atomic mass is 32.1. The zero-order valence-corrected chi connectivity index (χ0v) is 18.3. The lowest BCUT2D eigenvalue weighted by Crippen LogP contribution is -2.30. The standard InChI is InChI=1S/C22H22N4O5S/c1-14(16-6-3-4-10-23-16)24-17-9-8-15(12-19(17)26(29)30)22(28)25-18(13-21(27)31-2)20-7-5-11-32-20/h3-12,14,18,24H,13H2,1-2H3,(H,25,28). The minimum absolute atomic E-state index is 0.0495. The number of rotatable bonds is 9. The molecule has 166 valence electrons. The van der Waals surface area contributed by atoms with Crippen molar-refractivity contribution in [1.29, 1.82) is 0 Å². The van der Waals surface area contributed by atoms with Crippen LogP contribution in [0.2, 0.25) is 0 Å². The summed E-state index contributed by atoms with van der Waals surface area (Å²) in [6.07, 6.45) is 1.60. The monoisotopic (exact) mass is 454 g/mol. The van der Waals surface area contributed by atoms with E-state index in [1.54, 1.807) is 18.3 Å². The Hall–Kier alpha value is -3.79. The van der Waals surface area contributed by atoms with E-state index in [2.05, 4.69) is 15.6 Å². The Morgan fingerprint density at radius 2 is 2.03 bits per heavy atom. The Bertz CT molecular complexity index is 1090. The van der Waals surface area contributed by atoms with Crippen molar-refractivity contribution in [2.24, 2.45) is 0 Å². The number of methoxy groups -OCH3 is 1. The third-order valence-electron chi connectivity index (χ3n) is 4.75. The molecule has 3 aromatic rings. The van der Waals surface area contributed by atoms with E-state index in [1.807, 2.05) is 30.5 Å². The fraction of sp³-hybridized carbons (Fsp3) is 0.227. The molecule has 0 saturated carbocycles. The Balaban J connectivity index is 1.81. The van der Waals surface area contributed by atoms with Crippen LogP contribution in [-0.4, -0.2) is 28.9 Å². The van der Waals surface area contributed by atoms with Crippen molar-refractivity contribution in [1.82, 2.24) is 10.3 Å². The third kappa shape index (κ3) is 5.67. The van der Waals surface area contributed by atoms with Crippen molar-refractivity contribution in [3.8, 4) is 0 Å². The highest BCUT2D eigenvalue weighted by molar-refractivity contribution is 7.10. The van der Waals surface area contributed by atoms with Crippen molar-refractivity contribution < 1.29 is 19.2 Å². The van der Waals surface area contributed by atoms with E-state index in [9.17, 15) is 19.7 Å². The molecule has 32 heavy (non-hydrogen) atoms. The van der Waals surface area contributed by atoms with E-state index in [-0.39, 0.29) is 29.4 Å². The van der Waals surface area contributed by atoms with Gasteiger partial charge in [0.2, 0.25) is 0 Å². The molecule has 0 spiro atoms. The molecular weight excluding hydrogens is 432 g/mol.